The molecule has 6 nitrogen and oxygen atoms in total. The molecule has 1 spiro atoms. The Morgan fingerprint density at radius 3 is 2.92 bits per heavy atom. The quantitative estimate of drug-likeness (QED) is 0.846. The average Bonchev–Trinajstić information content (AvgIpc) is 3.35. The van der Waals surface area contributed by atoms with Gasteiger partial charge in [-0.2, -0.15) is 0 Å². The highest BCUT2D eigenvalue weighted by molar-refractivity contribution is 5.81. The number of methoxy groups -OCH3 is 1. The van der Waals surface area contributed by atoms with E-state index >= 15 is 0 Å². The number of carbonyl (C=O) groups is 1. The van der Waals surface area contributed by atoms with Crippen LogP contribution in [0.4, 0.5) is 0 Å². The lowest BCUT2D eigenvalue weighted by molar-refractivity contribution is -0.192. The van der Waals surface area contributed by atoms with Crippen molar-refractivity contribution in [2.45, 2.75) is 50.5 Å². The molecule has 1 aromatic heterocycles. The van der Waals surface area contributed by atoms with E-state index in [4.69, 9.17) is 18.6 Å². The molecule has 0 unspecified atom stereocenters. The molecule has 3 fully saturated rings. The smallest absolute Gasteiger partial charge is 0.231 e. The fourth-order valence-electron chi connectivity index (χ4n) is 4.39. The van der Waals surface area contributed by atoms with Crippen molar-refractivity contribution in [2.24, 2.45) is 5.92 Å². The minimum absolute atomic E-state index is 0.0159. The number of hydrogen-bond donors (Lipinski definition) is 0. The first-order valence-corrected chi connectivity index (χ1v) is 8.89. The summed E-state index contributed by atoms with van der Waals surface area (Å²) in [6.45, 7) is 2.40. The van der Waals surface area contributed by atoms with Gasteiger partial charge in [-0.25, -0.2) is 0 Å². The van der Waals surface area contributed by atoms with Crippen molar-refractivity contribution < 1.29 is 23.4 Å². The second-order valence-corrected chi connectivity index (χ2v) is 6.88. The first-order chi connectivity index (χ1) is 11.7. The molecular weight excluding hydrogens is 310 g/mol. The normalized spacial score (nSPS) is 29.0. The van der Waals surface area contributed by atoms with Crippen molar-refractivity contribution >= 4 is 5.91 Å². The van der Waals surface area contributed by atoms with E-state index in [0.717, 1.165) is 50.2 Å². The van der Waals surface area contributed by atoms with E-state index in [1.807, 2.05) is 17.0 Å². The number of likely N-dealkylation sites (tertiary alicyclic amines) is 1. The minimum Gasteiger partial charge on any atom is -0.461 e. The SMILES string of the molecule is COCc1ccc([C@H]2CCCN2C(=O)[C@@H]2CCCC23OCCO3)o1. The molecule has 1 aromatic rings. The monoisotopic (exact) mass is 335 g/mol. The molecule has 1 saturated carbocycles. The number of carbonyl (C=O) groups excluding carboxylic acids is 1. The summed E-state index contributed by atoms with van der Waals surface area (Å²) >= 11 is 0. The molecule has 2 saturated heterocycles. The molecule has 2 aliphatic heterocycles. The fourth-order valence-corrected chi connectivity index (χ4v) is 4.39. The van der Waals surface area contributed by atoms with Gasteiger partial charge in [-0.3, -0.25) is 4.79 Å². The highest BCUT2D eigenvalue weighted by atomic mass is 16.7. The van der Waals surface area contributed by atoms with Gasteiger partial charge < -0.3 is 23.5 Å². The van der Waals surface area contributed by atoms with E-state index < -0.39 is 5.79 Å². The average molecular weight is 335 g/mol. The Balaban J connectivity index is 1.52. The minimum atomic E-state index is -0.672. The molecule has 24 heavy (non-hydrogen) atoms. The summed E-state index contributed by atoms with van der Waals surface area (Å²) in [4.78, 5) is 15.2. The van der Waals surface area contributed by atoms with Crippen molar-refractivity contribution in [1.29, 1.82) is 0 Å². The highest BCUT2D eigenvalue weighted by Crippen LogP contribution is 2.45. The van der Waals surface area contributed by atoms with E-state index in [1.165, 1.54) is 0 Å². The molecule has 0 radical (unpaired) electrons. The zero-order valence-corrected chi connectivity index (χ0v) is 14.2. The third kappa shape index (κ3) is 2.66. The van der Waals surface area contributed by atoms with Crippen molar-refractivity contribution in [2.75, 3.05) is 26.9 Å². The second-order valence-electron chi connectivity index (χ2n) is 6.88. The first-order valence-electron chi connectivity index (χ1n) is 8.89. The van der Waals surface area contributed by atoms with E-state index in [9.17, 15) is 4.79 Å². The summed E-state index contributed by atoms with van der Waals surface area (Å²) in [7, 11) is 1.65. The third-order valence-corrected chi connectivity index (χ3v) is 5.46. The molecule has 6 heteroatoms. The summed E-state index contributed by atoms with van der Waals surface area (Å²) < 4.78 is 22.7. The van der Waals surface area contributed by atoms with Gasteiger partial charge in [-0.15, -0.1) is 0 Å². The zero-order valence-electron chi connectivity index (χ0n) is 14.2. The predicted octanol–water partition coefficient (Wildman–Crippen LogP) is 2.63. The van der Waals surface area contributed by atoms with E-state index in [-0.39, 0.29) is 17.9 Å². The molecule has 3 aliphatic rings. The molecule has 3 heterocycles. The van der Waals surface area contributed by atoms with Gasteiger partial charge in [0.25, 0.3) is 0 Å². The summed E-state index contributed by atoms with van der Waals surface area (Å²) in [5, 5.41) is 0. The topological polar surface area (TPSA) is 61.1 Å². The molecule has 1 amide bonds. The Labute approximate surface area is 142 Å². The van der Waals surface area contributed by atoms with Crippen molar-refractivity contribution in [3.63, 3.8) is 0 Å². The molecule has 0 aromatic carbocycles. The van der Waals surface area contributed by atoms with Crippen molar-refractivity contribution in [1.82, 2.24) is 4.90 Å². The summed E-state index contributed by atoms with van der Waals surface area (Å²) in [5.41, 5.74) is 0. The number of ether oxygens (including phenoxy) is 3. The van der Waals surface area contributed by atoms with Crippen LogP contribution < -0.4 is 0 Å². The second kappa shape index (κ2) is 6.50. The maximum atomic E-state index is 13.2. The van der Waals surface area contributed by atoms with Crippen LogP contribution in [0.15, 0.2) is 16.5 Å². The Bertz CT molecular complexity index is 586. The van der Waals surface area contributed by atoms with Gasteiger partial charge in [0.2, 0.25) is 5.91 Å². The van der Waals surface area contributed by atoms with Crippen molar-refractivity contribution in [3.05, 3.63) is 23.7 Å². The van der Waals surface area contributed by atoms with Crippen LogP contribution in [-0.2, 0) is 25.6 Å². The third-order valence-electron chi connectivity index (χ3n) is 5.46. The lowest BCUT2D eigenvalue weighted by Crippen LogP contribution is -2.46. The zero-order chi connectivity index (χ0) is 16.6. The number of rotatable bonds is 4. The van der Waals surface area contributed by atoms with Crippen LogP contribution in [-0.4, -0.2) is 43.5 Å². The Hall–Kier alpha value is -1.37. The standard InChI is InChI=1S/C18H25NO5/c1-21-12-13-6-7-16(24-13)15-5-3-9-19(15)17(20)14-4-2-8-18(14)22-10-11-23-18/h6-7,14-15H,2-5,8-12H2,1H3/t14-,15+/m0/s1. The molecule has 132 valence electrons. The lowest BCUT2D eigenvalue weighted by atomic mass is 9.99. The van der Waals surface area contributed by atoms with Crippen LogP contribution in [0.1, 0.15) is 49.7 Å². The van der Waals surface area contributed by atoms with Crippen LogP contribution in [0.25, 0.3) is 0 Å². The van der Waals surface area contributed by atoms with E-state index in [1.54, 1.807) is 7.11 Å². The van der Waals surface area contributed by atoms with Crippen LogP contribution in [0.3, 0.4) is 0 Å². The van der Waals surface area contributed by atoms with E-state index in [2.05, 4.69) is 0 Å². The van der Waals surface area contributed by atoms with Gasteiger partial charge in [0.05, 0.1) is 25.2 Å². The van der Waals surface area contributed by atoms with Gasteiger partial charge in [0.15, 0.2) is 5.79 Å². The molecule has 0 bridgehead atoms. The van der Waals surface area contributed by atoms with Gasteiger partial charge in [0.1, 0.15) is 18.1 Å². The molecule has 1 aliphatic carbocycles. The van der Waals surface area contributed by atoms with Crippen LogP contribution in [0.2, 0.25) is 0 Å². The van der Waals surface area contributed by atoms with Crippen molar-refractivity contribution in [3.8, 4) is 0 Å². The van der Waals surface area contributed by atoms with Gasteiger partial charge in [0, 0.05) is 20.1 Å². The first kappa shape index (κ1) is 16.1. The van der Waals surface area contributed by atoms with Gasteiger partial charge in [-0.05, 0) is 37.8 Å². The number of amides is 1. The Morgan fingerprint density at radius 2 is 2.12 bits per heavy atom. The largest absolute Gasteiger partial charge is 0.461 e. The number of nitrogens with zero attached hydrogens (tertiary/aromatic N) is 1. The summed E-state index contributed by atoms with van der Waals surface area (Å²) in [5.74, 6) is 0.949. The summed E-state index contributed by atoms with van der Waals surface area (Å²) in [6, 6.07) is 3.92. The number of furan rings is 1. The van der Waals surface area contributed by atoms with Crippen LogP contribution in [0.5, 0.6) is 0 Å². The Morgan fingerprint density at radius 1 is 1.29 bits per heavy atom. The van der Waals surface area contributed by atoms with Crippen LogP contribution >= 0.6 is 0 Å². The summed E-state index contributed by atoms with van der Waals surface area (Å²) in [6.07, 6.45) is 4.58. The van der Waals surface area contributed by atoms with E-state index in [0.29, 0.717) is 19.8 Å². The molecular formula is C18H25NO5. The Kier molecular flexibility index (Phi) is 4.37. The van der Waals surface area contributed by atoms with Crippen LogP contribution in [0, 0.1) is 5.92 Å². The predicted molar refractivity (Wildman–Crippen MR) is 85.1 cm³/mol. The lowest BCUT2D eigenvalue weighted by Gasteiger charge is -2.33. The number of hydrogen-bond acceptors (Lipinski definition) is 5. The fraction of sp³-hybridized carbons (Fsp3) is 0.722. The maximum absolute atomic E-state index is 13.2. The molecule has 2 atom stereocenters. The van der Waals surface area contributed by atoms with Gasteiger partial charge >= 0.3 is 0 Å². The molecule has 4 rings (SSSR count). The molecule has 0 N–H and O–H groups in total. The highest BCUT2D eigenvalue weighted by Gasteiger charge is 2.53. The maximum Gasteiger partial charge on any atom is 0.231 e. The van der Waals surface area contributed by atoms with Gasteiger partial charge in [-0.1, -0.05) is 0 Å².